The number of carbonyl (C=O) groups is 2. The Morgan fingerprint density at radius 1 is 1.09 bits per heavy atom. The number of benzene rings is 2. The summed E-state index contributed by atoms with van der Waals surface area (Å²) in [6, 6.07) is 13.4. The van der Waals surface area contributed by atoms with Crippen molar-refractivity contribution in [2.75, 3.05) is 0 Å². The molecule has 0 bridgehead atoms. The maximum absolute atomic E-state index is 11.9. The van der Waals surface area contributed by atoms with Crippen LogP contribution < -0.4 is 5.11 Å². The van der Waals surface area contributed by atoms with Gasteiger partial charge >= 0.3 is 5.97 Å². The molecule has 0 aliphatic carbocycles. The number of rotatable bonds is 3. The van der Waals surface area contributed by atoms with Gasteiger partial charge in [-0.2, -0.15) is 0 Å². The minimum atomic E-state index is -1.25. The van der Waals surface area contributed by atoms with E-state index in [1.807, 2.05) is 31.2 Å². The minimum Gasteiger partial charge on any atom is -0.545 e. The third kappa shape index (κ3) is 3.18. The standard InChI is InChI=1S/C18H13NO4/c1-11-2-6-13(7-3-11)16-19-15(18(22)23-16)10-12-4-8-14(9-5-12)17(20)21/h2-10H,1H3,(H,20,21)/p-1/b15-10-. The van der Waals surface area contributed by atoms with Gasteiger partial charge in [0.25, 0.3) is 0 Å². The number of hydrogen-bond acceptors (Lipinski definition) is 5. The molecule has 3 rings (SSSR count). The number of cyclic esters (lactones) is 1. The highest BCUT2D eigenvalue weighted by Crippen LogP contribution is 2.19. The highest BCUT2D eigenvalue weighted by atomic mass is 16.6. The van der Waals surface area contributed by atoms with Crippen molar-refractivity contribution in [3.63, 3.8) is 0 Å². The van der Waals surface area contributed by atoms with E-state index in [-0.39, 0.29) is 17.2 Å². The fraction of sp³-hybridized carbons (Fsp3) is 0.0556. The molecule has 5 heteroatoms. The maximum atomic E-state index is 11.9. The number of esters is 1. The van der Waals surface area contributed by atoms with Crippen molar-refractivity contribution >= 4 is 23.9 Å². The van der Waals surface area contributed by atoms with Crippen molar-refractivity contribution in [1.29, 1.82) is 0 Å². The van der Waals surface area contributed by atoms with Crippen LogP contribution in [0.15, 0.2) is 59.2 Å². The van der Waals surface area contributed by atoms with E-state index in [1.165, 1.54) is 12.1 Å². The molecule has 2 aromatic rings. The van der Waals surface area contributed by atoms with E-state index >= 15 is 0 Å². The second kappa shape index (κ2) is 5.88. The first-order chi connectivity index (χ1) is 11.0. The van der Waals surface area contributed by atoms with Crippen molar-refractivity contribution in [2.45, 2.75) is 6.92 Å². The third-order valence-electron chi connectivity index (χ3n) is 3.37. The fourth-order valence-corrected chi connectivity index (χ4v) is 2.10. The zero-order chi connectivity index (χ0) is 16.4. The molecule has 114 valence electrons. The summed E-state index contributed by atoms with van der Waals surface area (Å²) in [7, 11) is 0. The molecule has 0 atom stereocenters. The van der Waals surface area contributed by atoms with Gasteiger partial charge in [-0.1, -0.05) is 42.0 Å². The van der Waals surface area contributed by atoms with Crippen LogP contribution in [-0.4, -0.2) is 17.8 Å². The lowest BCUT2D eigenvalue weighted by molar-refractivity contribution is -0.255. The summed E-state index contributed by atoms with van der Waals surface area (Å²) in [6.07, 6.45) is 1.54. The molecule has 1 heterocycles. The first-order valence-electron chi connectivity index (χ1n) is 6.94. The highest BCUT2D eigenvalue weighted by Gasteiger charge is 2.23. The van der Waals surface area contributed by atoms with Crippen LogP contribution in [0.2, 0.25) is 0 Å². The summed E-state index contributed by atoms with van der Waals surface area (Å²) in [5.41, 5.74) is 2.71. The third-order valence-corrected chi connectivity index (χ3v) is 3.37. The zero-order valence-corrected chi connectivity index (χ0v) is 12.3. The summed E-state index contributed by atoms with van der Waals surface area (Å²) in [5.74, 6) is -1.53. The van der Waals surface area contributed by atoms with Gasteiger partial charge in [0.15, 0.2) is 5.70 Å². The molecule has 0 N–H and O–H groups in total. The first kappa shape index (κ1) is 14.7. The van der Waals surface area contributed by atoms with Crippen LogP contribution >= 0.6 is 0 Å². The number of carbonyl (C=O) groups excluding carboxylic acids is 2. The minimum absolute atomic E-state index is 0.0741. The van der Waals surface area contributed by atoms with E-state index in [0.717, 1.165) is 11.1 Å². The summed E-state index contributed by atoms with van der Waals surface area (Å²) >= 11 is 0. The topological polar surface area (TPSA) is 78.8 Å². The lowest BCUT2D eigenvalue weighted by atomic mass is 10.1. The molecule has 0 fully saturated rings. The molecule has 0 spiro atoms. The van der Waals surface area contributed by atoms with Crippen molar-refractivity contribution in [1.82, 2.24) is 0 Å². The predicted molar refractivity (Wildman–Crippen MR) is 82.6 cm³/mol. The molecule has 5 nitrogen and oxygen atoms in total. The molecule has 0 amide bonds. The van der Waals surface area contributed by atoms with Gasteiger partial charge in [-0.05, 0) is 36.3 Å². The quantitative estimate of drug-likeness (QED) is 0.638. The largest absolute Gasteiger partial charge is 0.545 e. The van der Waals surface area contributed by atoms with E-state index in [4.69, 9.17) is 4.74 Å². The van der Waals surface area contributed by atoms with Crippen LogP contribution in [0.3, 0.4) is 0 Å². The lowest BCUT2D eigenvalue weighted by Gasteiger charge is -2.01. The number of aryl methyl sites for hydroxylation is 1. The van der Waals surface area contributed by atoms with Gasteiger partial charge in [0.05, 0.1) is 5.97 Å². The average Bonchev–Trinajstić information content (AvgIpc) is 2.89. The molecule has 23 heavy (non-hydrogen) atoms. The van der Waals surface area contributed by atoms with Gasteiger partial charge < -0.3 is 14.6 Å². The maximum Gasteiger partial charge on any atom is 0.363 e. The SMILES string of the molecule is Cc1ccc(C2=N/C(=C\c3ccc(C(=O)[O-])cc3)C(=O)O2)cc1. The smallest absolute Gasteiger partial charge is 0.363 e. The molecule has 1 aliphatic heterocycles. The number of ether oxygens (including phenoxy) is 1. The summed E-state index contributed by atoms with van der Waals surface area (Å²) in [6.45, 7) is 1.97. The van der Waals surface area contributed by atoms with Gasteiger partial charge in [-0.3, -0.25) is 0 Å². The van der Waals surface area contributed by atoms with E-state index in [1.54, 1.807) is 18.2 Å². The second-order valence-electron chi connectivity index (χ2n) is 5.11. The Labute approximate surface area is 132 Å². The first-order valence-corrected chi connectivity index (χ1v) is 6.94. The van der Waals surface area contributed by atoms with Crippen molar-refractivity contribution in [3.8, 4) is 0 Å². The van der Waals surface area contributed by atoms with E-state index in [0.29, 0.717) is 5.56 Å². The van der Waals surface area contributed by atoms with Crippen LogP contribution in [0.25, 0.3) is 6.08 Å². The molecule has 0 saturated carbocycles. The Kier molecular flexibility index (Phi) is 3.76. The summed E-state index contributed by atoms with van der Waals surface area (Å²) < 4.78 is 5.17. The average molecular weight is 306 g/mol. The van der Waals surface area contributed by atoms with E-state index in [9.17, 15) is 14.7 Å². The number of carboxylic acids is 1. The molecule has 1 aliphatic rings. The van der Waals surface area contributed by atoms with Crippen LogP contribution in [-0.2, 0) is 9.53 Å². The van der Waals surface area contributed by atoms with Crippen LogP contribution in [0.1, 0.15) is 27.0 Å². The molecule has 0 radical (unpaired) electrons. The zero-order valence-electron chi connectivity index (χ0n) is 12.3. The lowest BCUT2D eigenvalue weighted by Crippen LogP contribution is -2.21. The van der Waals surface area contributed by atoms with Gasteiger partial charge in [0, 0.05) is 5.56 Å². The van der Waals surface area contributed by atoms with Crippen LogP contribution in [0, 0.1) is 6.92 Å². The van der Waals surface area contributed by atoms with Gasteiger partial charge in [0.2, 0.25) is 5.90 Å². The summed E-state index contributed by atoms with van der Waals surface area (Å²) in [4.78, 5) is 26.8. The number of aliphatic imine (C=N–C) groups is 1. The number of hydrogen-bond donors (Lipinski definition) is 0. The Morgan fingerprint density at radius 2 is 1.74 bits per heavy atom. The van der Waals surface area contributed by atoms with Crippen molar-refractivity contribution in [2.24, 2.45) is 4.99 Å². The predicted octanol–water partition coefficient (Wildman–Crippen LogP) is 1.70. The highest BCUT2D eigenvalue weighted by molar-refractivity contribution is 6.12. The van der Waals surface area contributed by atoms with Gasteiger partial charge in [0.1, 0.15) is 0 Å². The Balaban J connectivity index is 1.88. The van der Waals surface area contributed by atoms with E-state index < -0.39 is 11.9 Å². The molecular formula is C18H12NO4-. The second-order valence-corrected chi connectivity index (χ2v) is 5.11. The Bertz CT molecular complexity index is 830. The van der Waals surface area contributed by atoms with E-state index in [2.05, 4.69) is 4.99 Å². The molecule has 0 saturated heterocycles. The molecule has 0 aromatic heterocycles. The number of carboxylic acid groups (broad SMARTS) is 1. The van der Waals surface area contributed by atoms with Crippen LogP contribution in [0.4, 0.5) is 0 Å². The molecule has 0 unspecified atom stereocenters. The summed E-state index contributed by atoms with van der Waals surface area (Å²) in [5, 5.41) is 10.7. The molecule has 2 aromatic carbocycles. The van der Waals surface area contributed by atoms with Crippen LogP contribution in [0.5, 0.6) is 0 Å². The van der Waals surface area contributed by atoms with Crippen molar-refractivity contribution in [3.05, 3.63) is 76.5 Å². The monoisotopic (exact) mass is 306 g/mol. The Morgan fingerprint density at radius 3 is 2.35 bits per heavy atom. The molecular weight excluding hydrogens is 294 g/mol. The number of aromatic carboxylic acids is 1. The Hall–Kier alpha value is -3.21. The number of nitrogens with zero attached hydrogens (tertiary/aromatic N) is 1. The fourth-order valence-electron chi connectivity index (χ4n) is 2.10. The normalized spacial score (nSPS) is 15.4. The van der Waals surface area contributed by atoms with Gasteiger partial charge in [-0.25, -0.2) is 9.79 Å². The van der Waals surface area contributed by atoms with Gasteiger partial charge in [-0.15, -0.1) is 0 Å². The van der Waals surface area contributed by atoms with Crippen molar-refractivity contribution < 1.29 is 19.4 Å².